The monoisotopic (exact) mass is 202 g/mol. The lowest BCUT2D eigenvalue weighted by Crippen LogP contribution is -2.34. The molecule has 0 saturated carbocycles. The molecule has 0 aliphatic carbocycles. The molecule has 4 nitrogen and oxygen atoms in total. The first-order valence-corrected chi connectivity index (χ1v) is 4.58. The Morgan fingerprint density at radius 1 is 1.69 bits per heavy atom. The van der Waals surface area contributed by atoms with E-state index in [9.17, 15) is 0 Å². The van der Waals surface area contributed by atoms with Crippen LogP contribution in [-0.4, -0.2) is 15.8 Å². The predicted molar refractivity (Wildman–Crippen MR) is 53.4 cm³/mol. The minimum Gasteiger partial charge on any atom is -0.271 e. The van der Waals surface area contributed by atoms with Crippen LogP contribution < -0.4 is 11.3 Å². The average molecular weight is 203 g/mol. The Morgan fingerprint density at radius 3 is 2.69 bits per heavy atom. The molecule has 0 amide bonds. The smallest absolute Gasteiger partial charge is 0.0847 e. The van der Waals surface area contributed by atoms with Crippen LogP contribution in [0, 0.1) is 6.92 Å². The number of aryl methyl sites for hydroxylation is 2. The molecule has 0 bridgehead atoms. The van der Waals surface area contributed by atoms with Crippen molar-refractivity contribution in [1.29, 1.82) is 0 Å². The maximum absolute atomic E-state index is 6.06. The van der Waals surface area contributed by atoms with Crippen LogP contribution in [0.4, 0.5) is 0 Å². The van der Waals surface area contributed by atoms with Crippen molar-refractivity contribution >= 4 is 11.6 Å². The van der Waals surface area contributed by atoms with Gasteiger partial charge in [-0.1, -0.05) is 11.6 Å². The fourth-order valence-electron chi connectivity index (χ4n) is 1.25. The minimum atomic E-state index is 0.201. The summed E-state index contributed by atoms with van der Waals surface area (Å²) in [5, 5.41) is 4.95. The molecule has 1 heterocycles. The van der Waals surface area contributed by atoms with Crippen molar-refractivity contribution in [2.75, 3.05) is 0 Å². The van der Waals surface area contributed by atoms with E-state index >= 15 is 0 Å². The third-order valence-electron chi connectivity index (χ3n) is 2.05. The lowest BCUT2D eigenvalue weighted by atomic mass is 10.2. The van der Waals surface area contributed by atoms with Crippen molar-refractivity contribution in [2.24, 2.45) is 12.9 Å². The lowest BCUT2D eigenvalue weighted by Gasteiger charge is -2.09. The summed E-state index contributed by atoms with van der Waals surface area (Å²) in [6.45, 7) is 3.89. The van der Waals surface area contributed by atoms with Crippen LogP contribution in [-0.2, 0) is 13.5 Å². The normalized spacial score (nSPS) is 13.3. The van der Waals surface area contributed by atoms with Gasteiger partial charge < -0.3 is 0 Å². The summed E-state index contributed by atoms with van der Waals surface area (Å²) in [4.78, 5) is 0. The van der Waals surface area contributed by atoms with Gasteiger partial charge in [-0.15, -0.1) is 0 Å². The van der Waals surface area contributed by atoms with Crippen molar-refractivity contribution in [3.8, 4) is 0 Å². The van der Waals surface area contributed by atoms with Gasteiger partial charge in [-0.2, -0.15) is 5.10 Å². The molecule has 0 saturated heterocycles. The van der Waals surface area contributed by atoms with E-state index in [4.69, 9.17) is 17.4 Å². The molecule has 5 heteroatoms. The summed E-state index contributed by atoms with van der Waals surface area (Å²) in [6, 6.07) is 0.201. The number of nitrogens with zero attached hydrogens (tertiary/aromatic N) is 2. The molecule has 0 aromatic carbocycles. The standard InChI is InChI=1S/C8H15ClN4/c1-5(11-10)4-7-8(9)6(2)12-13(7)3/h5,11H,4,10H2,1-3H3. The summed E-state index contributed by atoms with van der Waals surface area (Å²) in [5.74, 6) is 5.30. The maximum atomic E-state index is 6.06. The maximum Gasteiger partial charge on any atom is 0.0847 e. The fourth-order valence-corrected chi connectivity index (χ4v) is 1.49. The van der Waals surface area contributed by atoms with Gasteiger partial charge in [0.15, 0.2) is 0 Å². The first kappa shape index (κ1) is 10.5. The van der Waals surface area contributed by atoms with Crippen LogP contribution in [0.15, 0.2) is 0 Å². The number of hydrogen-bond donors (Lipinski definition) is 2. The van der Waals surface area contributed by atoms with Crippen LogP contribution in [0.25, 0.3) is 0 Å². The second kappa shape index (κ2) is 4.09. The van der Waals surface area contributed by atoms with Crippen molar-refractivity contribution < 1.29 is 0 Å². The van der Waals surface area contributed by atoms with E-state index in [2.05, 4.69) is 10.5 Å². The molecule has 0 spiro atoms. The minimum absolute atomic E-state index is 0.201. The molecule has 1 unspecified atom stereocenters. The Labute approximate surface area is 83.0 Å². The van der Waals surface area contributed by atoms with Gasteiger partial charge in [-0.25, -0.2) is 0 Å². The Balaban J connectivity index is 2.87. The number of nitrogens with two attached hydrogens (primary N) is 1. The van der Waals surface area contributed by atoms with Gasteiger partial charge in [0.1, 0.15) is 0 Å². The highest BCUT2D eigenvalue weighted by molar-refractivity contribution is 6.31. The van der Waals surface area contributed by atoms with Crippen LogP contribution in [0.5, 0.6) is 0 Å². The van der Waals surface area contributed by atoms with Crippen LogP contribution in [0.3, 0.4) is 0 Å². The molecule has 0 radical (unpaired) electrons. The summed E-state index contributed by atoms with van der Waals surface area (Å²) in [7, 11) is 1.89. The molecule has 1 atom stereocenters. The highest BCUT2D eigenvalue weighted by atomic mass is 35.5. The first-order chi connectivity index (χ1) is 6.06. The lowest BCUT2D eigenvalue weighted by molar-refractivity contribution is 0.544. The Morgan fingerprint density at radius 2 is 2.31 bits per heavy atom. The summed E-state index contributed by atoms with van der Waals surface area (Å²) >= 11 is 6.06. The SMILES string of the molecule is Cc1nn(C)c(CC(C)NN)c1Cl. The number of nitrogens with one attached hydrogen (secondary N) is 1. The van der Waals surface area contributed by atoms with Gasteiger partial charge >= 0.3 is 0 Å². The largest absolute Gasteiger partial charge is 0.271 e. The van der Waals surface area contributed by atoms with Gasteiger partial charge in [0.25, 0.3) is 0 Å². The van der Waals surface area contributed by atoms with Crippen molar-refractivity contribution in [3.63, 3.8) is 0 Å². The van der Waals surface area contributed by atoms with Gasteiger partial charge in [0.05, 0.1) is 16.4 Å². The van der Waals surface area contributed by atoms with Gasteiger partial charge in [-0.05, 0) is 13.8 Å². The highest BCUT2D eigenvalue weighted by Gasteiger charge is 2.12. The summed E-state index contributed by atoms with van der Waals surface area (Å²) in [5.41, 5.74) is 4.56. The fraction of sp³-hybridized carbons (Fsp3) is 0.625. The van der Waals surface area contributed by atoms with Gasteiger partial charge in [0, 0.05) is 19.5 Å². The molecule has 13 heavy (non-hydrogen) atoms. The number of aromatic nitrogens is 2. The first-order valence-electron chi connectivity index (χ1n) is 4.20. The molecular formula is C8H15ClN4. The van der Waals surface area contributed by atoms with E-state index in [1.807, 2.05) is 20.9 Å². The summed E-state index contributed by atoms with van der Waals surface area (Å²) < 4.78 is 1.80. The molecule has 1 aromatic rings. The van der Waals surface area contributed by atoms with Crippen molar-refractivity contribution in [1.82, 2.24) is 15.2 Å². The van der Waals surface area contributed by atoms with E-state index in [0.29, 0.717) is 0 Å². The second-order valence-corrected chi connectivity index (χ2v) is 3.62. The second-order valence-electron chi connectivity index (χ2n) is 3.24. The molecule has 1 rings (SSSR count). The summed E-state index contributed by atoms with van der Waals surface area (Å²) in [6.07, 6.45) is 0.784. The topological polar surface area (TPSA) is 55.9 Å². The number of hydrazine groups is 1. The van der Waals surface area contributed by atoms with Crippen molar-refractivity contribution in [2.45, 2.75) is 26.3 Å². The zero-order valence-electron chi connectivity index (χ0n) is 8.13. The third kappa shape index (κ3) is 2.21. The molecule has 1 aromatic heterocycles. The van der Waals surface area contributed by atoms with Crippen LogP contribution in [0.1, 0.15) is 18.3 Å². The number of halogens is 1. The van der Waals surface area contributed by atoms with Crippen LogP contribution in [0.2, 0.25) is 5.02 Å². The van der Waals surface area contributed by atoms with E-state index in [0.717, 1.165) is 22.8 Å². The average Bonchev–Trinajstić information content (AvgIpc) is 2.32. The van der Waals surface area contributed by atoms with E-state index < -0.39 is 0 Å². The zero-order chi connectivity index (χ0) is 10.0. The predicted octanol–water partition coefficient (Wildman–Crippen LogP) is 0.776. The van der Waals surface area contributed by atoms with Gasteiger partial charge in [-0.3, -0.25) is 16.0 Å². The highest BCUT2D eigenvalue weighted by Crippen LogP contribution is 2.20. The molecule has 0 aliphatic heterocycles. The molecule has 3 N–H and O–H groups in total. The third-order valence-corrected chi connectivity index (χ3v) is 2.54. The van der Waals surface area contributed by atoms with E-state index in [1.165, 1.54) is 0 Å². The molecular weight excluding hydrogens is 188 g/mol. The molecule has 0 aliphatic rings. The van der Waals surface area contributed by atoms with Crippen molar-refractivity contribution in [3.05, 3.63) is 16.4 Å². The Kier molecular flexibility index (Phi) is 3.30. The molecule has 0 fully saturated rings. The number of rotatable bonds is 3. The Hall–Kier alpha value is -0.580. The number of hydrogen-bond acceptors (Lipinski definition) is 3. The van der Waals surface area contributed by atoms with Gasteiger partial charge in [0.2, 0.25) is 0 Å². The van der Waals surface area contributed by atoms with Crippen LogP contribution >= 0.6 is 11.6 Å². The van der Waals surface area contributed by atoms with E-state index in [-0.39, 0.29) is 6.04 Å². The van der Waals surface area contributed by atoms with E-state index in [1.54, 1.807) is 4.68 Å². The quantitative estimate of drug-likeness (QED) is 0.563. The Bertz CT molecular complexity index is 295. The zero-order valence-corrected chi connectivity index (χ0v) is 8.89. The molecule has 74 valence electrons.